The Balaban J connectivity index is 1.98. The number of rotatable bonds is 4. The van der Waals surface area contributed by atoms with Gasteiger partial charge in [0, 0.05) is 25.2 Å². The molecule has 5 nitrogen and oxygen atoms in total. The van der Waals surface area contributed by atoms with Crippen LogP contribution in [-0.2, 0) is 16.0 Å². The number of benzene rings is 1. The molecule has 0 amide bonds. The van der Waals surface area contributed by atoms with Gasteiger partial charge in [-0.15, -0.1) is 0 Å². The number of carbonyl (C=O) groups is 1. The van der Waals surface area contributed by atoms with E-state index in [1.54, 1.807) is 12.1 Å². The van der Waals surface area contributed by atoms with Crippen LogP contribution in [0.1, 0.15) is 18.4 Å². The number of Topliss-reactive ketones (excluding diaryl/α,β-unsaturated/α-hetero) is 1. The first-order valence-electron chi connectivity index (χ1n) is 5.54. The van der Waals surface area contributed by atoms with E-state index in [1.165, 1.54) is 12.1 Å². The fourth-order valence-electron chi connectivity index (χ4n) is 1.88. The third-order valence-electron chi connectivity index (χ3n) is 2.81. The van der Waals surface area contributed by atoms with E-state index in [0.717, 1.165) is 18.4 Å². The summed E-state index contributed by atoms with van der Waals surface area (Å²) in [5.41, 5.74) is 0.828. The van der Waals surface area contributed by atoms with Crippen LogP contribution in [0, 0.1) is 10.1 Å². The minimum absolute atomic E-state index is 0.0401. The normalized spacial score (nSPS) is 19.2. The Kier molecular flexibility index (Phi) is 3.49. The molecule has 1 aromatic carbocycles. The molecule has 1 aliphatic rings. The summed E-state index contributed by atoms with van der Waals surface area (Å²) in [4.78, 5) is 21.8. The highest BCUT2D eigenvalue weighted by Crippen LogP contribution is 2.17. The molecule has 17 heavy (non-hydrogen) atoms. The summed E-state index contributed by atoms with van der Waals surface area (Å²) in [5, 5.41) is 10.5. The summed E-state index contributed by atoms with van der Waals surface area (Å²) in [6, 6.07) is 6.06. The highest BCUT2D eigenvalue weighted by molar-refractivity contribution is 5.85. The molecule has 1 fully saturated rings. The number of nitro groups is 1. The fourth-order valence-corrected chi connectivity index (χ4v) is 1.88. The van der Waals surface area contributed by atoms with E-state index in [9.17, 15) is 14.9 Å². The molecule has 1 atom stereocenters. The van der Waals surface area contributed by atoms with Gasteiger partial charge < -0.3 is 4.74 Å². The fraction of sp³-hybridized carbons (Fsp3) is 0.417. The predicted octanol–water partition coefficient (Wildman–Crippen LogP) is 1.89. The summed E-state index contributed by atoms with van der Waals surface area (Å²) in [5.74, 6) is 0.0522. The van der Waals surface area contributed by atoms with E-state index in [1.807, 2.05) is 0 Å². The average Bonchev–Trinajstić information content (AvgIpc) is 2.83. The second-order valence-corrected chi connectivity index (χ2v) is 4.07. The van der Waals surface area contributed by atoms with Gasteiger partial charge in [0.2, 0.25) is 0 Å². The molecule has 0 spiro atoms. The maximum atomic E-state index is 11.8. The molecule has 2 rings (SSSR count). The molecule has 0 aliphatic carbocycles. The molecule has 90 valence electrons. The number of non-ortho nitro benzene ring substituents is 1. The van der Waals surface area contributed by atoms with Crippen molar-refractivity contribution in [1.82, 2.24) is 0 Å². The van der Waals surface area contributed by atoms with Crippen molar-refractivity contribution in [3.63, 3.8) is 0 Å². The standard InChI is InChI=1S/C12H13NO4/c14-11(12-2-1-7-17-12)8-9-3-5-10(6-4-9)13(15)16/h3-6,12H,1-2,7-8H2. The van der Waals surface area contributed by atoms with Gasteiger partial charge in [-0.25, -0.2) is 0 Å². The molecular weight excluding hydrogens is 222 g/mol. The van der Waals surface area contributed by atoms with E-state index in [2.05, 4.69) is 0 Å². The quantitative estimate of drug-likeness (QED) is 0.590. The van der Waals surface area contributed by atoms with E-state index >= 15 is 0 Å². The van der Waals surface area contributed by atoms with Crippen molar-refractivity contribution < 1.29 is 14.5 Å². The van der Waals surface area contributed by atoms with E-state index in [4.69, 9.17) is 4.74 Å². The number of hydrogen-bond acceptors (Lipinski definition) is 4. The number of carbonyl (C=O) groups excluding carboxylic acids is 1. The SMILES string of the molecule is O=C(Cc1ccc([N+](=O)[O-])cc1)C1CCCO1. The van der Waals surface area contributed by atoms with Gasteiger partial charge in [0.15, 0.2) is 5.78 Å². The van der Waals surface area contributed by atoms with E-state index in [-0.39, 0.29) is 24.0 Å². The number of hydrogen-bond donors (Lipinski definition) is 0. The zero-order chi connectivity index (χ0) is 12.3. The Labute approximate surface area is 98.5 Å². The Bertz CT molecular complexity index is 421. The Hall–Kier alpha value is -1.75. The monoisotopic (exact) mass is 235 g/mol. The molecule has 0 radical (unpaired) electrons. The first-order chi connectivity index (χ1) is 8.16. The first kappa shape index (κ1) is 11.7. The van der Waals surface area contributed by atoms with Gasteiger partial charge in [0.05, 0.1) is 4.92 Å². The zero-order valence-electron chi connectivity index (χ0n) is 9.30. The van der Waals surface area contributed by atoms with Crippen molar-refractivity contribution in [3.05, 3.63) is 39.9 Å². The third-order valence-corrected chi connectivity index (χ3v) is 2.81. The maximum absolute atomic E-state index is 11.8. The number of ether oxygens (including phenoxy) is 1. The highest BCUT2D eigenvalue weighted by atomic mass is 16.6. The topological polar surface area (TPSA) is 69.4 Å². The van der Waals surface area contributed by atoms with Gasteiger partial charge in [0.25, 0.3) is 5.69 Å². The lowest BCUT2D eigenvalue weighted by atomic mass is 10.0. The van der Waals surface area contributed by atoms with Gasteiger partial charge >= 0.3 is 0 Å². The molecule has 0 bridgehead atoms. The summed E-state index contributed by atoms with van der Waals surface area (Å²) in [6.45, 7) is 0.649. The van der Waals surface area contributed by atoms with Gasteiger partial charge in [-0.3, -0.25) is 14.9 Å². The van der Waals surface area contributed by atoms with Crippen molar-refractivity contribution >= 4 is 11.5 Å². The minimum atomic E-state index is -0.453. The molecular formula is C12H13NO4. The lowest BCUT2D eigenvalue weighted by molar-refractivity contribution is -0.384. The van der Waals surface area contributed by atoms with Crippen LogP contribution in [0.4, 0.5) is 5.69 Å². The van der Waals surface area contributed by atoms with Crippen LogP contribution >= 0.6 is 0 Å². The van der Waals surface area contributed by atoms with Crippen LogP contribution in [0.3, 0.4) is 0 Å². The number of ketones is 1. The van der Waals surface area contributed by atoms with Gasteiger partial charge in [-0.05, 0) is 18.4 Å². The summed E-state index contributed by atoms with van der Waals surface area (Å²) in [6.07, 6.45) is 1.70. The summed E-state index contributed by atoms with van der Waals surface area (Å²) in [7, 11) is 0. The number of nitro benzene ring substituents is 1. The molecule has 1 aromatic rings. The van der Waals surface area contributed by atoms with Crippen LogP contribution in [0.2, 0.25) is 0 Å². The van der Waals surface area contributed by atoms with Crippen molar-refractivity contribution in [3.8, 4) is 0 Å². The molecule has 0 saturated carbocycles. The van der Waals surface area contributed by atoms with Gasteiger partial charge in [-0.1, -0.05) is 12.1 Å². The second-order valence-electron chi connectivity index (χ2n) is 4.07. The molecule has 1 saturated heterocycles. The summed E-state index contributed by atoms with van der Waals surface area (Å²) < 4.78 is 5.29. The van der Waals surface area contributed by atoms with Crippen LogP contribution in [0.15, 0.2) is 24.3 Å². The molecule has 1 unspecified atom stereocenters. The van der Waals surface area contributed by atoms with Crippen molar-refractivity contribution in [2.24, 2.45) is 0 Å². The van der Waals surface area contributed by atoms with Crippen LogP contribution in [0.5, 0.6) is 0 Å². The van der Waals surface area contributed by atoms with Gasteiger partial charge in [-0.2, -0.15) is 0 Å². The van der Waals surface area contributed by atoms with Gasteiger partial charge in [0.1, 0.15) is 6.10 Å². The Morgan fingerprint density at radius 3 is 2.65 bits per heavy atom. The molecule has 0 aromatic heterocycles. The van der Waals surface area contributed by atoms with E-state index in [0.29, 0.717) is 6.61 Å². The maximum Gasteiger partial charge on any atom is 0.269 e. The number of nitrogens with zero attached hydrogens (tertiary/aromatic N) is 1. The first-order valence-corrected chi connectivity index (χ1v) is 5.54. The minimum Gasteiger partial charge on any atom is -0.370 e. The molecule has 5 heteroatoms. The van der Waals surface area contributed by atoms with Crippen molar-refractivity contribution in [1.29, 1.82) is 0 Å². The van der Waals surface area contributed by atoms with Crippen molar-refractivity contribution in [2.75, 3.05) is 6.61 Å². The third kappa shape index (κ3) is 2.88. The largest absolute Gasteiger partial charge is 0.370 e. The second kappa shape index (κ2) is 5.05. The molecule has 1 aliphatic heterocycles. The Morgan fingerprint density at radius 1 is 1.41 bits per heavy atom. The average molecular weight is 235 g/mol. The highest BCUT2D eigenvalue weighted by Gasteiger charge is 2.23. The zero-order valence-corrected chi connectivity index (χ0v) is 9.30. The van der Waals surface area contributed by atoms with Crippen molar-refractivity contribution in [2.45, 2.75) is 25.4 Å². The van der Waals surface area contributed by atoms with Crippen LogP contribution in [-0.4, -0.2) is 23.4 Å². The smallest absolute Gasteiger partial charge is 0.269 e. The van der Waals surface area contributed by atoms with E-state index < -0.39 is 4.92 Å². The summed E-state index contributed by atoms with van der Waals surface area (Å²) >= 11 is 0. The lowest BCUT2D eigenvalue weighted by Gasteiger charge is -2.07. The predicted molar refractivity (Wildman–Crippen MR) is 60.8 cm³/mol. The lowest BCUT2D eigenvalue weighted by Crippen LogP contribution is -2.21. The van der Waals surface area contributed by atoms with Crippen LogP contribution < -0.4 is 0 Å². The molecule has 0 N–H and O–H groups in total. The molecule has 1 heterocycles. The Morgan fingerprint density at radius 2 is 2.12 bits per heavy atom. The van der Waals surface area contributed by atoms with Crippen LogP contribution in [0.25, 0.3) is 0 Å².